The van der Waals surface area contributed by atoms with Crippen LogP contribution < -0.4 is 10.6 Å². The second-order valence-electron chi connectivity index (χ2n) is 4.43. The smallest absolute Gasteiger partial charge is 0.340 e. The van der Waals surface area contributed by atoms with E-state index in [0.29, 0.717) is 37.6 Å². The molecule has 1 unspecified atom stereocenters. The Bertz CT molecular complexity index is 539. The predicted octanol–water partition coefficient (Wildman–Crippen LogP) is 1.17. The van der Waals surface area contributed by atoms with Crippen LogP contribution in [-0.4, -0.2) is 38.4 Å². The van der Waals surface area contributed by atoms with Crippen molar-refractivity contribution in [3.63, 3.8) is 0 Å². The van der Waals surface area contributed by atoms with Crippen molar-refractivity contribution in [2.24, 2.45) is 0 Å². The number of hydrogen-bond donors (Lipinski definition) is 1. The zero-order valence-corrected chi connectivity index (χ0v) is 11.3. The van der Waals surface area contributed by atoms with Crippen LogP contribution in [0.3, 0.4) is 0 Å². The number of nitrogens with zero attached hydrogens (tertiary/aromatic N) is 2. The van der Waals surface area contributed by atoms with Crippen molar-refractivity contribution in [1.82, 2.24) is 0 Å². The first kappa shape index (κ1) is 14.2. The molecule has 1 atom stereocenters. The zero-order valence-electron chi connectivity index (χ0n) is 11.3. The van der Waals surface area contributed by atoms with Gasteiger partial charge < -0.3 is 20.1 Å². The lowest BCUT2D eigenvalue weighted by Crippen LogP contribution is -2.41. The van der Waals surface area contributed by atoms with E-state index in [-0.39, 0.29) is 0 Å². The Hall–Kier alpha value is -2.26. The van der Waals surface area contributed by atoms with Gasteiger partial charge >= 0.3 is 5.97 Å². The Morgan fingerprint density at radius 2 is 2.45 bits per heavy atom. The van der Waals surface area contributed by atoms with Crippen LogP contribution in [0.2, 0.25) is 0 Å². The van der Waals surface area contributed by atoms with Gasteiger partial charge in [0.25, 0.3) is 0 Å². The third kappa shape index (κ3) is 3.00. The van der Waals surface area contributed by atoms with Gasteiger partial charge in [-0.25, -0.2) is 4.79 Å². The fraction of sp³-hybridized carbons (Fsp3) is 0.429. The summed E-state index contributed by atoms with van der Waals surface area (Å²) in [6.45, 7) is 3.68. The maximum absolute atomic E-state index is 11.8. The molecule has 1 aliphatic heterocycles. The number of hydrogen-bond acceptors (Lipinski definition) is 6. The lowest BCUT2D eigenvalue weighted by molar-refractivity contribution is 0.0527. The summed E-state index contributed by atoms with van der Waals surface area (Å²) in [6, 6.07) is 7.30. The van der Waals surface area contributed by atoms with E-state index < -0.39 is 12.1 Å². The molecule has 1 aromatic rings. The number of anilines is 2. The molecule has 0 aromatic heterocycles. The van der Waals surface area contributed by atoms with E-state index in [1.165, 1.54) is 0 Å². The summed E-state index contributed by atoms with van der Waals surface area (Å²) in [7, 11) is 0. The fourth-order valence-corrected chi connectivity index (χ4v) is 2.09. The highest BCUT2D eigenvalue weighted by molar-refractivity contribution is 5.96. The van der Waals surface area contributed by atoms with Gasteiger partial charge in [-0.15, -0.1) is 0 Å². The molecule has 6 nitrogen and oxygen atoms in total. The van der Waals surface area contributed by atoms with Gasteiger partial charge in [-0.3, -0.25) is 0 Å². The van der Waals surface area contributed by atoms with E-state index in [4.69, 9.17) is 20.5 Å². The second kappa shape index (κ2) is 6.26. The number of nitriles is 1. The number of esters is 1. The molecule has 1 aliphatic rings. The van der Waals surface area contributed by atoms with Crippen molar-refractivity contribution in [1.29, 1.82) is 5.26 Å². The standard InChI is InChI=1S/C14H17N3O3/c1-2-19-14(18)12-7-10(3-4-13(12)16)17-5-6-20-11(8-15)9-17/h3-4,7,11H,2,5-6,9,16H2,1H3. The maximum Gasteiger partial charge on any atom is 0.340 e. The number of ether oxygens (including phenoxy) is 2. The molecule has 2 N–H and O–H groups in total. The number of nitrogen functional groups attached to an aromatic ring is 1. The van der Waals surface area contributed by atoms with E-state index in [9.17, 15) is 4.79 Å². The Morgan fingerprint density at radius 1 is 1.65 bits per heavy atom. The molecule has 106 valence electrons. The molecule has 2 rings (SSSR count). The molecular weight excluding hydrogens is 258 g/mol. The topological polar surface area (TPSA) is 88.6 Å². The Balaban J connectivity index is 2.23. The molecule has 6 heteroatoms. The highest BCUT2D eigenvalue weighted by atomic mass is 16.5. The molecule has 0 amide bonds. The van der Waals surface area contributed by atoms with Crippen LogP contribution >= 0.6 is 0 Å². The summed E-state index contributed by atoms with van der Waals surface area (Å²) in [6.07, 6.45) is -0.452. The second-order valence-corrected chi connectivity index (χ2v) is 4.43. The Labute approximate surface area is 117 Å². The normalized spacial score (nSPS) is 18.4. The summed E-state index contributed by atoms with van der Waals surface area (Å²) < 4.78 is 10.3. The van der Waals surface area contributed by atoms with Gasteiger partial charge in [0.2, 0.25) is 0 Å². The molecular formula is C14H17N3O3. The number of nitrogens with two attached hydrogens (primary N) is 1. The van der Waals surface area contributed by atoms with Crippen LogP contribution in [0.4, 0.5) is 11.4 Å². The van der Waals surface area contributed by atoms with E-state index in [1.807, 2.05) is 11.0 Å². The average molecular weight is 275 g/mol. The largest absolute Gasteiger partial charge is 0.462 e. The van der Waals surface area contributed by atoms with Crippen molar-refractivity contribution >= 4 is 17.3 Å². The number of benzene rings is 1. The number of rotatable bonds is 3. The summed E-state index contributed by atoms with van der Waals surface area (Å²) in [5, 5.41) is 8.92. The van der Waals surface area contributed by atoms with Crippen LogP contribution in [0, 0.1) is 11.3 Å². The van der Waals surface area contributed by atoms with Crippen LogP contribution in [0.15, 0.2) is 18.2 Å². The zero-order chi connectivity index (χ0) is 14.5. The Morgan fingerprint density at radius 3 is 3.15 bits per heavy atom. The molecule has 1 fully saturated rings. The monoisotopic (exact) mass is 275 g/mol. The molecule has 0 radical (unpaired) electrons. The minimum Gasteiger partial charge on any atom is -0.462 e. The quantitative estimate of drug-likeness (QED) is 0.658. The number of carbonyl (C=O) groups excluding carboxylic acids is 1. The fourth-order valence-electron chi connectivity index (χ4n) is 2.09. The van der Waals surface area contributed by atoms with E-state index in [0.717, 1.165) is 5.69 Å². The molecule has 1 saturated heterocycles. The van der Waals surface area contributed by atoms with E-state index in [2.05, 4.69) is 6.07 Å². The molecule has 0 spiro atoms. The molecule has 20 heavy (non-hydrogen) atoms. The molecule has 0 aliphatic carbocycles. The van der Waals surface area contributed by atoms with Gasteiger partial charge in [-0.05, 0) is 25.1 Å². The first-order chi connectivity index (χ1) is 9.65. The predicted molar refractivity (Wildman–Crippen MR) is 74.4 cm³/mol. The van der Waals surface area contributed by atoms with Gasteiger partial charge in [0, 0.05) is 17.9 Å². The van der Waals surface area contributed by atoms with Gasteiger partial charge in [-0.2, -0.15) is 5.26 Å². The van der Waals surface area contributed by atoms with Crippen molar-refractivity contribution in [3.8, 4) is 6.07 Å². The Kier molecular flexibility index (Phi) is 4.43. The van der Waals surface area contributed by atoms with Gasteiger partial charge in [0.05, 0.1) is 31.4 Å². The van der Waals surface area contributed by atoms with Gasteiger partial charge in [-0.1, -0.05) is 0 Å². The van der Waals surface area contributed by atoms with Crippen molar-refractivity contribution in [3.05, 3.63) is 23.8 Å². The third-order valence-electron chi connectivity index (χ3n) is 3.11. The van der Waals surface area contributed by atoms with Crippen molar-refractivity contribution < 1.29 is 14.3 Å². The average Bonchev–Trinajstić information content (AvgIpc) is 2.48. The third-order valence-corrected chi connectivity index (χ3v) is 3.11. The summed E-state index contributed by atoms with van der Waals surface area (Å²) in [5.41, 5.74) is 7.38. The molecule has 0 bridgehead atoms. The van der Waals surface area contributed by atoms with Crippen LogP contribution in [0.25, 0.3) is 0 Å². The van der Waals surface area contributed by atoms with Gasteiger partial charge in [0.15, 0.2) is 6.10 Å². The van der Waals surface area contributed by atoms with Crippen LogP contribution in [0.1, 0.15) is 17.3 Å². The van der Waals surface area contributed by atoms with Gasteiger partial charge in [0.1, 0.15) is 0 Å². The SMILES string of the molecule is CCOC(=O)c1cc(N2CCOC(C#N)C2)ccc1N. The number of carbonyl (C=O) groups is 1. The molecule has 1 aromatic carbocycles. The lowest BCUT2D eigenvalue weighted by Gasteiger charge is -2.31. The van der Waals surface area contributed by atoms with E-state index in [1.54, 1.807) is 19.1 Å². The molecule has 1 heterocycles. The highest BCUT2D eigenvalue weighted by Gasteiger charge is 2.21. The maximum atomic E-state index is 11.8. The van der Waals surface area contributed by atoms with Crippen molar-refractivity contribution in [2.45, 2.75) is 13.0 Å². The summed E-state index contributed by atoms with van der Waals surface area (Å²) in [4.78, 5) is 13.8. The first-order valence-corrected chi connectivity index (χ1v) is 6.48. The van der Waals surface area contributed by atoms with E-state index >= 15 is 0 Å². The minimum atomic E-state index is -0.452. The minimum absolute atomic E-state index is 0.302. The number of morpholine rings is 1. The van der Waals surface area contributed by atoms with Crippen LogP contribution in [0.5, 0.6) is 0 Å². The van der Waals surface area contributed by atoms with Crippen molar-refractivity contribution in [2.75, 3.05) is 36.9 Å². The summed E-state index contributed by atoms with van der Waals surface area (Å²) >= 11 is 0. The molecule has 0 saturated carbocycles. The highest BCUT2D eigenvalue weighted by Crippen LogP contribution is 2.23. The summed E-state index contributed by atoms with van der Waals surface area (Å²) in [5.74, 6) is -0.433. The van der Waals surface area contributed by atoms with Crippen LogP contribution in [-0.2, 0) is 9.47 Å². The lowest BCUT2D eigenvalue weighted by atomic mass is 10.1. The first-order valence-electron chi connectivity index (χ1n) is 6.48.